The predicted octanol–water partition coefficient (Wildman–Crippen LogP) is 1.46. The van der Waals surface area contributed by atoms with Crippen molar-refractivity contribution < 1.29 is 17.9 Å². The molecule has 0 unspecified atom stereocenters. The number of nitrogens with zero attached hydrogens (tertiary/aromatic N) is 1. The molecule has 0 atom stereocenters. The zero-order valence-electron chi connectivity index (χ0n) is 10.6. The smallest absolute Gasteiger partial charge is 0.406 e. The summed E-state index contributed by atoms with van der Waals surface area (Å²) in [6.45, 7) is 0.223. The van der Waals surface area contributed by atoms with Crippen LogP contribution in [0.4, 0.5) is 10.5 Å². The zero-order valence-corrected chi connectivity index (χ0v) is 12.2. The number of carbonyl (C=O) groups excluding carboxylic acids is 1. The SMILES string of the molecule is COC(=O)NCCN(c1cccc(Cl)c1)S(C)(=O)=O. The van der Waals surface area contributed by atoms with Crippen molar-refractivity contribution >= 4 is 33.4 Å². The maximum absolute atomic E-state index is 11.7. The molecule has 19 heavy (non-hydrogen) atoms. The average Bonchev–Trinajstić information content (AvgIpc) is 2.32. The molecular weight excluding hydrogens is 292 g/mol. The fourth-order valence-corrected chi connectivity index (χ4v) is 2.55. The molecule has 0 saturated heterocycles. The highest BCUT2D eigenvalue weighted by atomic mass is 35.5. The van der Waals surface area contributed by atoms with E-state index in [1.807, 2.05) is 0 Å². The third-order valence-corrected chi connectivity index (χ3v) is 3.70. The Kier molecular flexibility index (Phi) is 5.44. The number of halogens is 1. The van der Waals surface area contributed by atoms with Crippen molar-refractivity contribution in [1.82, 2.24) is 5.32 Å². The van der Waals surface area contributed by atoms with Crippen LogP contribution in [0.5, 0.6) is 0 Å². The lowest BCUT2D eigenvalue weighted by Crippen LogP contribution is -2.38. The topological polar surface area (TPSA) is 75.7 Å². The second-order valence-electron chi connectivity index (χ2n) is 3.73. The number of amides is 1. The largest absolute Gasteiger partial charge is 0.453 e. The number of alkyl carbamates (subject to hydrolysis) is 1. The van der Waals surface area contributed by atoms with Crippen LogP contribution in [0.3, 0.4) is 0 Å². The van der Waals surface area contributed by atoms with Gasteiger partial charge >= 0.3 is 6.09 Å². The van der Waals surface area contributed by atoms with Gasteiger partial charge in [-0.1, -0.05) is 17.7 Å². The Morgan fingerprint density at radius 3 is 2.68 bits per heavy atom. The van der Waals surface area contributed by atoms with Gasteiger partial charge in [-0.2, -0.15) is 0 Å². The molecule has 1 amide bonds. The normalized spacial score (nSPS) is 10.9. The summed E-state index contributed by atoms with van der Waals surface area (Å²) in [6.07, 6.45) is 0.478. The molecule has 0 spiro atoms. The molecular formula is C11H15ClN2O4S. The van der Waals surface area contributed by atoms with Crippen LogP contribution in [0.2, 0.25) is 5.02 Å². The van der Waals surface area contributed by atoms with Crippen LogP contribution >= 0.6 is 11.6 Å². The van der Waals surface area contributed by atoms with Gasteiger partial charge < -0.3 is 10.1 Å². The quantitative estimate of drug-likeness (QED) is 0.893. The Labute approximate surface area is 117 Å². The summed E-state index contributed by atoms with van der Waals surface area (Å²) in [7, 11) is -2.22. The van der Waals surface area contributed by atoms with Crippen molar-refractivity contribution in [3.63, 3.8) is 0 Å². The fourth-order valence-electron chi connectivity index (χ4n) is 1.45. The summed E-state index contributed by atoms with van der Waals surface area (Å²) >= 11 is 5.83. The van der Waals surface area contributed by atoms with Gasteiger partial charge in [0.2, 0.25) is 10.0 Å². The average molecular weight is 307 g/mol. The van der Waals surface area contributed by atoms with Gasteiger partial charge in [-0.15, -0.1) is 0 Å². The van der Waals surface area contributed by atoms with Gasteiger partial charge in [-0.25, -0.2) is 13.2 Å². The maximum Gasteiger partial charge on any atom is 0.406 e. The highest BCUT2D eigenvalue weighted by Gasteiger charge is 2.17. The monoisotopic (exact) mass is 306 g/mol. The standard InChI is InChI=1S/C11H15ClN2O4S/c1-18-11(15)13-6-7-14(19(2,16)17)10-5-3-4-9(12)8-10/h3-5,8H,6-7H2,1-2H3,(H,13,15). The van der Waals surface area contributed by atoms with E-state index in [-0.39, 0.29) is 13.1 Å². The number of sulfonamides is 1. The molecule has 106 valence electrons. The maximum atomic E-state index is 11.7. The molecule has 6 nitrogen and oxygen atoms in total. The minimum Gasteiger partial charge on any atom is -0.453 e. The first-order chi connectivity index (χ1) is 8.84. The summed E-state index contributed by atoms with van der Waals surface area (Å²) in [6, 6.07) is 6.48. The summed E-state index contributed by atoms with van der Waals surface area (Å²) in [5.41, 5.74) is 0.446. The third-order valence-electron chi connectivity index (χ3n) is 2.27. The van der Waals surface area contributed by atoms with Crippen LogP contribution in [0.15, 0.2) is 24.3 Å². The number of carbonyl (C=O) groups is 1. The van der Waals surface area contributed by atoms with Gasteiger partial charge in [0.1, 0.15) is 0 Å². The zero-order chi connectivity index (χ0) is 14.5. The first-order valence-electron chi connectivity index (χ1n) is 5.39. The van der Waals surface area contributed by atoms with Gasteiger partial charge in [0.15, 0.2) is 0 Å². The third kappa shape index (κ3) is 4.96. The lowest BCUT2D eigenvalue weighted by atomic mass is 10.3. The molecule has 0 aromatic heterocycles. The number of methoxy groups -OCH3 is 1. The Hall–Kier alpha value is -1.47. The molecule has 0 aliphatic carbocycles. The second kappa shape index (κ2) is 6.63. The second-order valence-corrected chi connectivity index (χ2v) is 6.08. The Morgan fingerprint density at radius 2 is 2.16 bits per heavy atom. The minimum absolute atomic E-state index is 0.0915. The van der Waals surface area contributed by atoms with E-state index in [0.29, 0.717) is 10.7 Å². The molecule has 1 aromatic carbocycles. The van der Waals surface area contributed by atoms with Crippen LogP contribution in [-0.2, 0) is 14.8 Å². The summed E-state index contributed by atoms with van der Waals surface area (Å²) in [5, 5.41) is 2.86. The van der Waals surface area contributed by atoms with Crippen LogP contribution in [0, 0.1) is 0 Å². The van der Waals surface area contributed by atoms with E-state index in [4.69, 9.17) is 11.6 Å². The van der Waals surface area contributed by atoms with Crippen molar-refractivity contribution in [3.8, 4) is 0 Å². The molecule has 0 heterocycles. The highest BCUT2D eigenvalue weighted by molar-refractivity contribution is 7.92. The van der Waals surface area contributed by atoms with Crippen LogP contribution < -0.4 is 9.62 Å². The number of hydrogen-bond donors (Lipinski definition) is 1. The summed E-state index contributed by atoms with van der Waals surface area (Å²) < 4.78 is 29.0. The number of anilines is 1. The van der Waals surface area contributed by atoms with Crippen LogP contribution in [-0.4, -0.2) is 41.0 Å². The predicted molar refractivity (Wildman–Crippen MR) is 74.0 cm³/mol. The van der Waals surface area contributed by atoms with E-state index in [9.17, 15) is 13.2 Å². The molecule has 0 saturated carbocycles. The van der Waals surface area contributed by atoms with Gasteiger partial charge in [0.05, 0.1) is 25.6 Å². The van der Waals surface area contributed by atoms with Crippen LogP contribution in [0.1, 0.15) is 0 Å². The fraction of sp³-hybridized carbons (Fsp3) is 0.364. The van der Waals surface area contributed by atoms with E-state index >= 15 is 0 Å². The Morgan fingerprint density at radius 1 is 1.47 bits per heavy atom. The molecule has 0 bridgehead atoms. The summed E-state index contributed by atoms with van der Waals surface area (Å²) in [5.74, 6) is 0. The first-order valence-corrected chi connectivity index (χ1v) is 7.62. The number of nitrogens with one attached hydrogen (secondary N) is 1. The first kappa shape index (κ1) is 15.6. The molecule has 8 heteroatoms. The number of rotatable bonds is 5. The lowest BCUT2D eigenvalue weighted by Gasteiger charge is -2.22. The molecule has 0 fully saturated rings. The van der Waals surface area contributed by atoms with Crippen molar-refractivity contribution in [2.24, 2.45) is 0 Å². The molecule has 0 aliphatic heterocycles. The van der Waals surface area contributed by atoms with E-state index in [2.05, 4.69) is 10.1 Å². The number of ether oxygens (including phenoxy) is 1. The van der Waals surface area contributed by atoms with E-state index in [0.717, 1.165) is 10.6 Å². The summed E-state index contributed by atoms with van der Waals surface area (Å²) in [4.78, 5) is 10.9. The van der Waals surface area contributed by atoms with E-state index in [1.54, 1.807) is 24.3 Å². The number of hydrogen-bond acceptors (Lipinski definition) is 4. The van der Waals surface area contributed by atoms with Crippen molar-refractivity contribution in [3.05, 3.63) is 29.3 Å². The van der Waals surface area contributed by atoms with Gasteiger partial charge in [-0.05, 0) is 18.2 Å². The van der Waals surface area contributed by atoms with Gasteiger partial charge in [0.25, 0.3) is 0 Å². The van der Waals surface area contributed by atoms with Crippen molar-refractivity contribution in [1.29, 1.82) is 0 Å². The molecule has 0 aliphatic rings. The Balaban J connectivity index is 2.83. The highest BCUT2D eigenvalue weighted by Crippen LogP contribution is 2.21. The lowest BCUT2D eigenvalue weighted by molar-refractivity contribution is 0.171. The van der Waals surface area contributed by atoms with Crippen molar-refractivity contribution in [2.75, 3.05) is 30.8 Å². The van der Waals surface area contributed by atoms with Gasteiger partial charge in [-0.3, -0.25) is 4.31 Å². The van der Waals surface area contributed by atoms with Crippen LogP contribution in [0.25, 0.3) is 0 Å². The number of benzene rings is 1. The van der Waals surface area contributed by atoms with E-state index < -0.39 is 16.1 Å². The minimum atomic E-state index is -3.46. The van der Waals surface area contributed by atoms with Gasteiger partial charge in [0, 0.05) is 11.6 Å². The molecule has 0 radical (unpaired) electrons. The molecule has 1 rings (SSSR count). The van der Waals surface area contributed by atoms with E-state index in [1.165, 1.54) is 7.11 Å². The Bertz CT molecular complexity index is 547. The van der Waals surface area contributed by atoms with Crippen molar-refractivity contribution in [2.45, 2.75) is 0 Å². The molecule has 1 N–H and O–H groups in total. The molecule has 1 aromatic rings.